The summed E-state index contributed by atoms with van der Waals surface area (Å²) in [5, 5.41) is 10.5. The highest BCUT2D eigenvalue weighted by Crippen LogP contribution is 2.28. The normalized spacial score (nSPS) is 18.9. The Kier molecular flexibility index (Phi) is 3.94. The molecule has 0 unspecified atom stereocenters. The first-order valence-corrected chi connectivity index (χ1v) is 8.61. The van der Waals surface area contributed by atoms with Gasteiger partial charge in [-0.3, -0.25) is 9.98 Å². The third-order valence-corrected chi connectivity index (χ3v) is 5.19. The van der Waals surface area contributed by atoms with Crippen LogP contribution in [0.2, 0.25) is 5.02 Å². The number of anilines is 1. The molecule has 25 heavy (non-hydrogen) atoms. The number of pyridine rings is 1. The maximum atomic E-state index is 9.88. The Balaban J connectivity index is 1.61. The number of aliphatic imine (C=N–C) groups is 1. The van der Waals surface area contributed by atoms with E-state index in [4.69, 9.17) is 22.3 Å². The van der Waals surface area contributed by atoms with Crippen molar-refractivity contribution < 1.29 is 5.11 Å². The molecule has 0 radical (unpaired) electrons. The second kappa shape index (κ2) is 6.01. The van der Waals surface area contributed by atoms with E-state index >= 15 is 0 Å². The van der Waals surface area contributed by atoms with E-state index in [2.05, 4.69) is 19.9 Å². The van der Waals surface area contributed by atoms with E-state index in [0.717, 1.165) is 34.2 Å². The number of fused-ring (bicyclic) bond motifs is 1. The first-order valence-electron chi connectivity index (χ1n) is 8.23. The summed E-state index contributed by atoms with van der Waals surface area (Å²) in [6.07, 6.45) is 4.50. The van der Waals surface area contributed by atoms with Crippen molar-refractivity contribution in [3.05, 3.63) is 46.1 Å². The predicted molar refractivity (Wildman–Crippen MR) is 95.9 cm³/mol. The van der Waals surface area contributed by atoms with E-state index in [9.17, 15) is 5.11 Å². The summed E-state index contributed by atoms with van der Waals surface area (Å²) in [5.74, 6) is 0.794. The van der Waals surface area contributed by atoms with E-state index in [-0.39, 0.29) is 0 Å². The van der Waals surface area contributed by atoms with Crippen LogP contribution in [-0.2, 0) is 6.54 Å². The highest BCUT2D eigenvalue weighted by Gasteiger charge is 2.30. The van der Waals surface area contributed by atoms with Crippen LogP contribution in [0.5, 0.6) is 0 Å². The van der Waals surface area contributed by atoms with Crippen molar-refractivity contribution in [2.24, 2.45) is 10.7 Å². The first-order chi connectivity index (χ1) is 11.9. The lowest BCUT2D eigenvalue weighted by atomic mass is 10.0. The first kappa shape index (κ1) is 16.4. The molecule has 1 saturated heterocycles. The number of rotatable bonds is 2. The molecule has 0 bridgehead atoms. The molecule has 130 valence electrons. The molecule has 2 aliphatic heterocycles. The summed E-state index contributed by atoms with van der Waals surface area (Å²) in [6, 6.07) is 1.85. The van der Waals surface area contributed by atoms with Gasteiger partial charge >= 0.3 is 0 Å². The van der Waals surface area contributed by atoms with Gasteiger partial charge in [-0.1, -0.05) is 11.6 Å². The summed E-state index contributed by atoms with van der Waals surface area (Å²) in [6.45, 7) is 3.66. The van der Waals surface area contributed by atoms with Crippen LogP contribution in [0, 0.1) is 6.92 Å². The molecule has 0 saturated carbocycles. The lowest BCUT2D eigenvalue weighted by Gasteiger charge is -2.36. The molecule has 3 N–H and O–H groups in total. The van der Waals surface area contributed by atoms with Crippen LogP contribution in [0.4, 0.5) is 5.82 Å². The van der Waals surface area contributed by atoms with Gasteiger partial charge in [-0.2, -0.15) is 0 Å². The number of hydrogen-bond acceptors (Lipinski definition) is 7. The zero-order chi connectivity index (χ0) is 17.6. The molecule has 0 spiro atoms. The van der Waals surface area contributed by atoms with E-state index in [0.29, 0.717) is 37.5 Å². The van der Waals surface area contributed by atoms with Crippen molar-refractivity contribution in [2.75, 3.05) is 18.0 Å². The summed E-state index contributed by atoms with van der Waals surface area (Å²) >= 11 is 6.38. The molecule has 0 aromatic carbocycles. The smallest absolute Gasteiger partial charge is 0.147 e. The van der Waals surface area contributed by atoms with Crippen LogP contribution >= 0.6 is 11.6 Å². The average Bonchev–Trinajstić information content (AvgIpc) is 3.00. The molecule has 0 atom stereocenters. The molecule has 0 aliphatic carbocycles. The SMILES string of the molecule is Cc1nccc(C2=NCc3nc(N4CCC(N)(O)CC4)cnc32)c1Cl. The Hall–Kier alpha value is -2.09. The second-order valence-electron chi connectivity index (χ2n) is 6.54. The number of nitrogens with zero attached hydrogens (tertiary/aromatic N) is 5. The van der Waals surface area contributed by atoms with Gasteiger partial charge in [-0.05, 0) is 13.0 Å². The van der Waals surface area contributed by atoms with E-state index < -0.39 is 5.72 Å². The fourth-order valence-corrected chi connectivity index (χ4v) is 3.37. The van der Waals surface area contributed by atoms with Crippen molar-refractivity contribution in [1.82, 2.24) is 15.0 Å². The number of piperidine rings is 1. The summed E-state index contributed by atoms with van der Waals surface area (Å²) < 4.78 is 0. The van der Waals surface area contributed by atoms with Crippen LogP contribution in [-0.4, -0.2) is 44.6 Å². The highest BCUT2D eigenvalue weighted by molar-refractivity contribution is 6.36. The second-order valence-corrected chi connectivity index (χ2v) is 6.91. The van der Waals surface area contributed by atoms with E-state index in [1.165, 1.54) is 0 Å². The Bertz CT molecular complexity index is 856. The van der Waals surface area contributed by atoms with Gasteiger partial charge in [-0.15, -0.1) is 0 Å². The molecule has 0 amide bonds. The molecule has 4 rings (SSSR count). The standard InChI is InChI=1S/C17H19ClN6O/c1-10-14(18)11(2-5-20-10)15-16-12(8-21-15)23-13(9-22-16)24-6-3-17(19,25)4-7-24/h2,5,9,25H,3-4,6-8,19H2,1H3. The topological polar surface area (TPSA) is 101 Å². The van der Waals surface area contributed by atoms with Crippen molar-refractivity contribution >= 4 is 23.1 Å². The minimum absolute atomic E-state index is 0.484. The number of nitrogens with two attached hydrogens (primary N) is 1. The Morgan fingerprint density at radius 2 is 2.04 bits per heavy atom. The van der Waals surface area contributed by atoms with Gasteiger partial charge in [0.15, 0.2) is 0 Å². The third kappa shape index (κ3) is 2.99. The Labute approximate surface area is 150 Å². The molecule has 2 aromatic heterocycles. The molecule has 1 fully saturated rings. The van der Waals surface area contributed by atoms with E-state index in [1.807, 2.05) is 13.0 Å². The maximum absolute atomic E-state index is 9.88. The predicted octanol–water partition coefficient (Wildman–Crippen LogP) is 1.43. The fourth-order valence-electron chi connectivity index (χ4n) is 3.17. The maximum Gasteiger partial charge on any atom is 0.147 e. The summed E-state index contributed by atoms with van der Waals surface area (Å²) in [7, 11) is 0. The zero-order valence-corrected chi connectivity index (χ0v) is 14.7. The molecule has 7 nitrogen and oxygen atoms in total. The lowest BCUT2D eigenvalue weighted by Crippen LogP contribution is -2.50. The third-order valence-electron chi connectivity index (χ3n) is 4.72. The number of aromatic nitrogens is 3. The van der Waals surface area contributed by atoms with Gasteiger partial charge in [0.1, 0.15) is 17.2 Å². The lowest BCUT2D eigenvalue weighted by molar-refractivity contribution is 0.0225. The molecular weight excluding hydrogens is 340 g/mol. The van der Waals surface area contributed by atoms with Gasteiger partial charge in [0.2, 0.25) is 0 Å². The van der Waals surface area contributed by atoms with Crippen molar-refractivity contribution in [3.8, 4) is 0 Å². The van der Waals surface area contributed by atoms with Gasteiger partial charge in [0.25, 0.3) is 0 Å². The van der Waals surface area contributed by atoms with Crippen molar-refractivity contribution in [3.63, 3.8) is 0 Å². The van der Waals surface area contributed by atoms with Crippen LogP contribution in [0.15, 0.2) is 23.5 Å². The Morgan fingerprint density at radius 1 is 1.28 bits per heavy atom. The van der Waals surface area contributed by atoms with Gasteiger partial charge < -0.3 is 15.7 Å². The molecule has 2 aromatic rings. The number of hydrogen-bond donors (Lipinski definition) is 2. The van der Waals surface area contributed by atoms with Gasteiger partial charge in [0.05, 0.1) is 34.9 Å². The Morgan fingerprint density at radius 3 is 2.80 bits per heavy atom. The average molecular weight is 359 g/mol. The molecular formula is C17H19ClN6O. The zero-order valence-electron chi connectivity index (χ0n) is 13.9. The number of aryl methyl sites for hydroxylation is 1. The summed E-state index contributed by atoms with van der Waals surface area (Å²) in [4.78, 5) is 20.2. The van der Waals surface area contributed by atoms with Crippen molar-refractivity contribution in [2.45, 2.75) is 32.0 Å². The molecule has 8 heteroatoms. The quantitative estimate of drug-likeness (QED) is 0.788. The number of halogens is 1. The minimum atomic E-state index is -1.08. The van der Waals surface area contributed by atoms with Crippen LogP contribution in [0.1, 0.15) is 35.5 Å². The van der Waals surface area contributed by atoms with Crippen LogP contribution < -0.4 is 10.6 Å². The largest absolute Gasteiger partial charge is 0.376 e. The van der Waals surface area contributed by atoms with Gasteiger partial charge in [-0.25, -0.2) is 9.97 Å². The monoisotopic (exact) mass is 358 g/mol. The van der Waals surface area contributed by atoms with Crippen LogP contribution in [0.3, 0.4) is 0 Å². The van der Waals surface area contributed by atoms with Gasteiger partial charge in [0, 0.05) is 37.7 Å². The number of aliphatic hydroxyl groups is 1. The fraction of sp³-hybridized carbons (Fsp3) is 0.412. The minimum Gasteiger partial charge on any atom is -0.376 e. The highest BCUT2D eigenvalue weighted by atomic mass is 35.5. The molecule has 4 heterocycles. The van der Waals surface area contributed by atoms with Crippen LogP contribution in [0.25, 0.3) is 0 Å². The summed E-state index contributed by atoms with van der Waals surface area (Å²) in [5.41, 5.74) is 8.67. The van der Waals surface area contributed by atoms with E-state index in [1.54, 1.807) is 12.4 Å². The molecule has 2 aliphatic rings. The van der Waals surface area contributed by atoms with Crippen molar-refractivity contribution in [1.29, 1.82) is 0 Å².